The molecule has 1 aliphatic rings. The van der Waals surface area contributed by atoms with Gasteiger partial charge < -0.3 is 20.4 Å². The van der Waals surface area contributed by atoms with Gasteiger partial charge in [-0.1, -0.05) is 73.1 Å². The SMILES string of the molecule is CCCN1C(O)=C(C(=O)C(Cc2ccc(Cl)cc2)Nc2ccc3ccccc3c2)C(O)c2ccc(C)cc21. The molecule has 4 aromatic carbocycles. The summed E-state index contributed by atoms with van der Waals surface area (Å²) in [7, 11) is 0. The summed E-state index contributed by atoms with van der Waals surface area (Å²) in [5.41, 5.74) is 4.04. The first-order chi connectivity index (χ1) is 18.4. The summed E-state index contributed by atoms with van der Waals surface area (Å²) in [5, 5.41) is 28.9. The molecule has 38 heavy (non-hydrogen) atoms. The molecule has 6 heteroatoms. The maximum atomic E-state index is 14.2. The van der Waals surface area contributed by atoms with Crippen molar-refractivity contribution in [2.24, 2.45) is 0 Å². The number of ketones is 1. The van der Waals surface area contributed by atoms with E-state index in [9.17, 15) is 15.0 Å². The monoisotopic (exact) mass is 526 g/mol. The number of Topliss-reactive ketones (excluding diaryl/α,β-unsaturated/α-hetero) is 1. The van der Waals surface area contributed by atoms with Gasteiger partial charge in [0.15, 0.2) is 5.78 Å². The number of anilines is 2. The number of hydrogen-bond acceptors (Lipinski definition) is 5. The lowest BCUT2D eigenvalue weighted by Gasteiger charge is -2.35. The van der Waals surface area contributed by atoms with E-state index in [2.05, 4.69) is 5.32 Å². The first-order valence-corrected chi connectivity index (χ1v) is 13.3. The molecule has 0 radical (unpaired) electrons. The third-order valence-corrected chi connectivity index (χ3v) is 7.27. The van der Waals surface area contributed by atoms with Gasteiger partial charge in [-0.2, -0.15) is 0 Å². The van der Waals surface area contributed by atoms with Crippen molar-refractivity contribution >= 4 is 39.5 Å². The fourth-order valence-corrected chi connectivity index (χ4v) is 5.21. The number of aliphatic hydroxyl groups excluding tert-OH is 2. The molecule has 5 rings (SSSR count). The molecular formula is C32H31ClN2O3. The molecule has 1 heterocycles. The lowest BCUT2D eigenvalue weighted by Crippen LogP contribution is -2.40. The van der Waals surface area contributed by atoms with Crippen molar-refractivity contribution in [3.8, 4) is 0 Å². The van der Waals surface area contributed by atoms with Crippen LogP contribution >= 0.6 is 11.6 Å². The van der Waals surface area contributed by atoms with E-state index in [1.54, 1.807) is 17.0 Å². The molecular weight excluding hydrogens is 496 g/mol. The molecule has 0 saturated heterocycles. The van der Waals surface area contributed by atoms with Gasteiger partial charge in [-0.15, -0.1) is 0 Å². The molecule has 0 aromatic heterocycles. The molecule has 2 unspecified atom stereocenters. The molecule has 0 aliphatic carbocycles. The fourth-order valence-electron chi connectivity index (χ4n) is 5.08. The van der Waals surface area contributed by atoms with Gasteiger partial charge >= 0.3 is 0 Å². The van der Waals surface area contributed by atoms with Crippen molar-refractivity contribution in [1.29, 1.82) is 0 Å². The minimum atomic E-state index is -1.24. The number of rotatable bonds is 8. The number of hydrogen-bond donors (Lipinski definition) is 3. The van der Waals surface area contributed by atoms with Gasteiger partial charge in [0, 0.05) is 29.2 Å². The van der Waals surface area contributed by atoms with E-state index in [1.807, 2.05) is 86.6 Å². The zero-order valence-electron chi connectivity index (χ0n) is 21.5. The summed E-state index contributed by atoms with van der Waals surface area (Å²) in [5.74, 6) is -0.547. The van der Waals surface area contributed by atoms with Crippen LogP contribution in [-0.2, 0) is 11.2 Å². The predicted octanol–water partition coefficient (Wildman–Crippen LogP) is 7.13. The summed E-state index contributed by atoms with van der Waals surface area (Å²) in [6.07, 6.45) is -0.128. The Labute approximate surface area is 228 Å². The van der Waals surface area contributed by atoms with E-state index in [-0.39, 0.29) is 17.2 Å². The lowest BCUT2D eigenvalue weighted by molar-refractivity contribution is -0.117. The maximum Gasteiger partial charge on any atom is 0.201 e. The Morgan fingerprint density at radius 2 is 1.74 bits per heavy atom. The highest BCUT2D eigenvalue weighted by Crippen LogP contribution is 2.41. The normalized spacial score (nSPS) is 15.9. The molecule has 0 saturated carbocycles. The molecule has 0 spiro atoms. The molecule has 0 bridgehead atoms. The van der Waals surface area contributed by atoms with Crippen molar-refractivity contribution in [2.45, 2.75) is 38.8 Å². The van der Waals surface area contributed by atoms with Crippen molar-refractivity contribution in [2.75, 3.05) is 16.8 Å². The Morgan fingerprint density at radius 1 is 1.00 bits per heavy atom. The third-order valence-electron chi connectivity index (χ3n) is 7.01. The van der Waals surface area contributed by atoms with Gasteiger partial charge in [-0.25, -0.2) is 0 Å². The molecule has 4 aromatic rings. The van der Waals surface area contributed by atoms with E-state index in [1.165, 1.54) is 0 Å². The Morgan fingerprint density at radius 3 is 2.47 bits per heavy atom. The second kappa shape index (κ2) is 10.9. The Bertz CT molecular complexity index is 1510. The van der Waals surface area contributed by atoms with Crippen LogP contribution in [-0.4, -0.2) is 28.6 Å². The number of carbonyl (C=O) groups excluding carboxylic acids is 1. The Balaban J connectivity index is 1.55. The minimum Gasteiger partial charge on any atom is -0.494 e. The average molecular weight is 527 g/mol. The van der Waals surface area contributed by atoms with E-state index in [0.717, 1.165) is 39.7 Å². The van der Waals surface area contributed by atoms with Gasteiger partial charge in [-0.3, -0.25) is 4.79 Å². The van der Waals surface area contributed by atoms with Crippen LogP contribution in [0.5, 0.6) is 0 Å². The average Bonchev–Trinajstić information content (AvgIpc) is 2.91. The summed E-state index contributed by atoms with van der Waals surface area (Å²) < 4.78 is 0. The standard InChI is InChI=1S/C32H31ClN2O3/c1-3-16-35-28-17-20(2)8-15-26(28)30(36)29(32(35)38)31(37)27(18-21-9-12-24(33)13-10-21)34-25-14-11-22-6-4-5-7-23(22)19-25/h4-15,17,19,27,30,34,36,38H,3,16,18H2,1-2H3. The largest absolute Gasteiger partial charge is 0.494 e. The second-order valence-corrected chi connectivity index (χ2v) is 10.2. The highest BCUT2D eigenvalue weighted by atomic mass is 35.5. The summed E-state index contributed by atoms with van der Waals surface area (Å²) in [4.78, 5) is 15.9. The highest BCUT2D eigenvalue weighted by Gasteiger charge is 2.38. The van der Waals surface area contributed by atoms with Crippen LogP contribution in [0.3, 0.4) is 0 Å². The smallest absolute Gasteiger partial charge is 0.201 e. The van der Waals surface area contributed by atoms with Gasteiger partial charge in [0.05, 0.1) is 17.3 Å². The van der Waals surface area contributed by atoms with Crippen LogP contribution in [0, 0.1) is 6.92 Å². The first kappa shape index (κ1) is 25.8. The number of benzene rings is 4. The molecule has 0 fully saturated rings. The van der Waals surface area contributed by atoms with Crippen LogP contribution in [0.1, 0.15) is 36.1 Å². The van der Waals surface area contributed by atoms with E-state index < -0.39 is 12.1 Å². The zero-order chi connectivity index (χ0) is 26.8. The van der Waals surface area contributed by atoms with Gasteiger partial charge in [0.2, 0.25) is 5.88 Å². The van der Waals surface area contributed by atoms with Crippen molar-refractivity contribution in [3.05, 3.63) is 118 Å². The number of aliphatic hydroxyl groups is 2. The van der Waals surface area contributed by atoms with Crippen LogP contribution in [0.25, 0.3) is 10.8 Å². The molecule has 5 nitrogen and oxygen atoms in total. The van der Waals surface area contributed by atoms with Crippen LogP contribution in [0.15, 0.2) is 96.4 Å². The number of halogens is 1. The van der Waals surface area contributed by atoms with Crippen molar-refractivity contribution < 1.29 is 15.0 Å². The Kier molecular flexibility index (Phi) is 7.41. The topological polar surface area (TPSA) is 72.8 Å². The second-order valence-electron chi connectivity index (χ2n) is 9.81. The quantitative estimate of drug-likeness (QED) is 0.228. The molecule has 1 aliphatic heterocycles. The minimum absolute atomic E-state index is 0.00190. The fraction of sp³-hybridized carbons (Fsp3) is 0.219. The van der Waals surface area contributed by atoms with Crippen molar-refractivity contribution in [3.63, 3.8) is 0 Å². The molecule has 0 amide bonds. The van der Waals surface area contributed by atoms with Crippen LogP contribution < -0.4 is 10.2 Å². The lowest BCUT2D eigenvalue weighted by atomic mass is 9.87. The van der Waals surface area contributed by atoms with E-state index in [0.29, 0.717) is 23.6 Å². The maximum absolute atomic E-state index is 14.2. The van der Waals surface area contributed by atoms with Gasteiger partial charge in [-0.05, 0) is 65.6 Å². The van der Waals surface area contributed by atoms with Gasteiger partial charge in [0.1, 0.15) is 6.10 Å². The number of fused-ring (bicyclic) bond motifs is 2. The molecule has 3 N–H and O–H groups in total. The molecule has 2 atom stereocenters. The number of nitrogens with zero attached hydrogens (tertiary/aromatic N) is 1. The van der Waals surface area contributed by atoms with Crippen LogP contribution in [0.4, 0.5) is 11.4 Å². The van der Waals surface area contributed by atoms with Crippen LogP contribution in [0.2, 0.25) is 5.02 Å². The van der Waals surface area contributed by atoms with E-state index >= 15 is 0 Å². The Hall–Kier alpha value is -3.80. The summed E-state index contributed by atoms with van der Waals surface area (Å²) in [6.45, 7) is 4.50. The molecule has 194 valence electrons. The first-order valence-electron chi connectivity index (χ1n) is 12.9. The number of aryl methyl sites for hydroxylation is 1. The highest BCUT2D eigenvalue weighted by molar-refractivity contribution is 6.30. The third kappa shape index (κ3) is 5.13. The van der Waals surface area contributed by atoms with Crippen molar-refractivity contribution in [1.82, 2.24) is 0 Å². The van der Waals surface area contributed by atoms with Gasteiger partial charge in [0.25, 0.3) is 0 Å². The number of nitrogens with one attached hydrogen (secondary N) is 1. The number of carbonyl (C=O) groups is 1. The zero-order valence-corrected chi connectivity index (χ0v) is 22.2. The summed E-state index contributed by atoms with van der Waals surface area (Å²) in [6, 6.07) is 26.3. The predicted molar refractivity (Wildman–Crippen MR) is 155 cm³/mol. The summed E-state index contributed by atoms with van der Waals surface area (Å²) >= 11 is 6.10. The van der Waals surface area contributed by atoms with E-state index in [4.69, 9.17) is 11.6 Å².